The molecule has 0 aromatic heterocycles. The lowest BCUT2D eigenvalue weighted by Gasteiger charge is -2.21. The van der Waals surface area contributed by atoms with Gasteiger partial charge in [-0.1, -0.05) is 12.1 Å². The van der Waals surface area contributed by atoms with Gasteiger partial charge in [-0.05, 0) is 44.6 Å². The van der Waals surface area contributed by atoms with Gasteiger partial charge in [-0.3, -0.25) is 4.79 Å². The first kappa shape index (κ1) is 14.0. The van der Waals surface area contributed by atoms with Gasteiger partial charge in [0.05, 0.1) is 6.61 Å². The molecular weight excluding hydrogens is 240 g/mol. The largest absolute Gasteiger partial charge is 0.395 e. The number of carbonyl (C=O) groups excluding carboxylic acids is 1. The van der Waals surface area contributed by atoms with E-state index in [2.05, 4.69) is 4.90 Å². The Bertz CT molecular complexity index is 442. The van der Waals surface area contributed by atoms with Crippen LogP contribution in [-0.4, -0.2) is 54.1 Å². The molecule has 1 aliphatic rings. The predicted molar refractivity (Wildman–Crippen MR) is 75.0 cm³/mol. The molecule has 0 aliphatic heterocycles. The summed E-state index contributed by atoms with van der Waals surface area (Å²) in [5.74, 6) is 0.0390. The molecule has 19 heavy (non-hydrogen) atoms. The molecule has 0 atom stereocenters. The van der Waals surface area contributed by atoms with E-state index in [-0.39, 0.29) is 12.5 Å². The van der Waals surface area contributed by atoms with Crippen molar-refractivity contribution < 1.29 is 9.90 Å². The molecule has 104 valence electrons. The molecule has 0 bridgehead atoms. The molecule has 1 saturated carbocycles. The Morgan fingerprint density at radius 2 is 2.11 bits per heavy atom. The zero-order valence-corrected chi connectivity index (χ0v) is 11.7. The summed E-state index contributed by atoms with van der Waals surface area (Å²) in [5.41, 5.74) is 1.86. The van der Waals surface area contributed by atoms with Gasteiger partial charge in [-0.2, -0.15) is 0 Å². The maximum Gasteiger partial charge on any atom is 0.254 e. The van der Waals surface area contributed by atoms with Gasteiger partial charge in [-0.15, -0.1) is 0 Å². The van der Waals surface area contributed by atoms with E-state index >= 15 is 0 Å². The fraction of sp³-hybridized carbons (Fsp3) is 0.533. The number of nitrogens with zero attached hydrogens (tertiary/aromatic N) is 2. The highest BCUT2D eigenvalue weighted by Crippen LogP contribution is 2.28. The van der Waals surface area contributed by atoms with Crippen molar-refractivity contribution in [2.75, 3.05) is 27.2 Å². The minimum absolute atomic E-state index is 0.0274. The Hall–Kier alpha value is -1.39. The Balaban J connectivity index is 2.12. The molecule has 4 heteroatoms. The van der Waals surface area contributed by atoms with Crippen molar-refractivity contribution in [3.05, 3.63) is 35.4 Å². The van der Waals surface area contributed by atoms with Gasteiger partial charge in [0, 0.05) is 24.7 Å². The van der Waals surface area contributed by atoms with Crippen LogP contribution in [-0.2, 0) is 6.54 Å². The van der Waals surface area contributed by atoms with Crippen molar-refractivity contribution in [3.63, 3.8) is 0 Å². The molecule has 4 nitrogen and oxygen atoms in total. The average molecular weight is 262 g/mol. The number of benzene rings is 1. The highest BCUT2D eigenvalue weighted by atomic mass is 16.3. The number of aliphatic hydroxyl groups is 1. The number of carbonyl (C=O) groups is 1. The molecule has 0 radical (unpaired) electrons. The van der Waals surface area contributed by atoms with Crippen molar-refractivity contribution in [2.24, 2.45) is 0 Å². The summed E-state index contributed by atoms with van der Waals surface area (Å²) >= 11 is 0. The van der Waals surface area contributed by atoms with Gasteiger partial charge >= 0.3 is 0 Å². The van der Waals surface area contributed by atoms with Crippen molar-refractivity contribution in [1.29, 1.82) is 0 Å². The molecule has 1 N–H and O–H groups in total. The van der Waals surface area contributed by atoms with Gasteiger partial charge in [0.1, 0.15) is 0 Å². The van der Waals surface area contributed by atoms with E-state index in [1.54, 1.807) is 4.90 Å². The quantitative estimate of drug-likeness (QED) is 0.841. The van der Waals surface area contributed by atoms with Crippen LogP contribution >= 0.6 is 0 Å². The lowest BCUT2D eigenvalue weighted by atomic mass is 10.1. The first-order valence-corrected chi connectivity index (χ1v) is 6.77. The fourth-order valence-electron chi connectivity index (χ4n) is 2.28. The van der Waals surface area contributed by atoms with Crippen molar-refractivity contribution in [1.82, 2.24) is 9.80 Å². The number of hydrogen-bond acceptors (Lipinski definition) is 3. The minimum atomic E-state index is 0.0274. The Morgan fingerprint density at radius 3 is 2.68 bits per heavy atom. The molecule has 1 aromatic rings. The third-order valence-corrected chi connectivity index (χ3v) is 3.26. The van der Waals surface area contributed by atoms with Gasteiger partial charge in [0.15, 0.2) is 0 Å². The second-order valence-electron chi connectivity index (χ2n) is 5.39. The summed E-state index contributed by atoms with van der Waals surface area (Å²) in [7, 11) is 4.02. The second kappa shape index (κ2) is 6.17. The number of rotatable bonds is 6. The molecular formula is C15H22N2O2. The summed E-state index contributed by atoms with van der Waals surface area (Å²) in [6.07, 6.45) is 2.12. The summed E-state index contributed by atoms with van der Waals surface area (Å²) < 4.78 is 0. The molecule has 0 saturated heterocycles. The van der Waals surface area contributed by atoms with Gasteiger partial charge in [0.25, 0.3) is 5.91 Å². The molecule has 1 fully saturated rings. The number of amides is 1. The minimum Gasteiger partial charge on any atom is -0.395 e. The fourth-order valence-corrected chi connectivity index (χ4v) is 2.28. The van der Waals surface area contributed by atoms with Crippen molar-refractivity contribution in [3.8, 4) is 0 Å². The Morgan fingerprint density at radius 1 is 1.37 bits per heavy atom. The zero-order chi connectivity index (χ0) is 13.8. The van der Waals surface area contributed by atoms with Gasteiger partial charge in [0.2, 0.25) is 0 Å². The van der Waals surface area contributed by atoms with Crippen molar-refractivity contribution in [2.45, 2.75) is 25.4 Å². The smallest absolute Gasteiger partial charge is 0.254 e. The lowest BCUT2D eigenvalue weighted by Crippen LogP contribution is -2.35. The van der Waals surface area contributed by atoms with Crippen LogP contribution < -0.4 is 0 Å². The maximum atomic E-state index is 12.5. The third-order valence-electron chi connectivity index (χ3n) is 3.26. The maximum absolute atomic E-state index is 12.5. The van der Waals surface area contributed by atoms with E-state index in [0.717, 1.165) is 30.5 Å². The van der Waals surface area contributed by atoms with Crippen LogP contribution in [0.15, 0.2) is 24.3 Å². The normalized spacial score (nSPS) is 14.7. The standard InChI is InChI=1S/C15H22N2O2/c1-16(2)11-12-4-3-5-13(10-12)15(19)17(8-9-18)14-6-7-14/h3-5,10,14,18H,6-9,11H2,1-2H3. The predicted octanol–water partition coefficient (Wildman–Crippen LogP) is 1.35. The number of aliphatic hydroxyl groups excluding tert-OH is 1. The summed E-state index contributed by atoms with van der Waals surface area (Å²) in [5, 5.41) is 9.08. The lowest BCUT2D eigenvalue weighted by molar-refractivity contribution is 0.0707. The first-order valence-electron chi connectivity index (χ1n) is 6.77. The topological polar surface area (TPSA) is 43.8 Å². The van der Waals surface area contributed by atoms with Crippen LogP contribution in [0.3, 0.4) is 0 Å². The number of hydrogen-bond donors (Lipinski definition) is 1. The summed E-state index contributed by atoms with van der Waals surface area (Å²) in [6, 6.07) is 8.10. The highest BCUT2D eigenvalue weighted by molar-refractivity contribution is 5.94. The summed E-state index contributed by atoms with van der Waals surface area (Å²) in [4.78, 5) is 16.3. The molecule has 0 spiro atoms. The molecule has 2 rings (SSSR count). The van der Waals surface area contributed by atoms with Crippen LogP contribution in [0.5, 0.6) is 0 Å². The molecule has 1 amide bonds. The van der Waals surface area contributed by atoms with E-state index < -0.39 is 0 Å². The molecule has 0 unspecified atom stereocenters. The second-order valence-corrected chi connectivity index (χ2v) is 5.39. The monoisotopic (exact) mass is 262 g/mol. The third kappa shape index (κ3) is 3.78. The van der Waals surface area contributed by atoms with E-state index in [1.165, 1.54) is 0 Å². The van der Waals surface area contributed by atoms with E-state index in [4.69, 9.17) is 5.11 Å². The van der Waals surface area contributed by atoms with Gasteiger partial charge in [-0.25, -0.2) is 0 Å². The Kier molecular flexibility index (Phi) is 4.56. The van der Waals surface area contributed by atoms with Crippen molar-refractivity contribution >= 4 is 5.91 Å². The van der Waals surface area contributed by atoms with E-state index in [1.807, 2.05) is 38.4 Å². The zero-order valence-electron chi connectivity index (χ0n) is 11.7. The van der Waals surface area contributed by atoms with E-state index in [0.29, 0.717) is 12.6 Å². The average Bonchev–Trinajstić information content (AvgIpc) is 3.19. The van der Waals surface area contributed by atoms with Crippen LogP contribution in [0.1, 0.15) is 28.8 Å². The summed E-state index contributed by atoms with van der Waals surface area (Å²) in [6.45, 7) is 1.28. The van der Waals surface area contributed by atoms with Crippen LogP contribution in [0.4, 0.5) is 0 Å². The molecule has 0 heterocycles. The Labute approximate surface area is 114 Å². The van der Waals surface area contributed by atoms with Crippen LogP contribution in [0.25, 0.3) is 0 Å². The van der Waals surface area contributed by atoms with E-state index in [9.17, 15) is 4.79 Å². The highest BCUT2D eigenvalue weighted by Gasteiger charge is 2.32. The van der Waals surface area contributed by atoms with Crippen LogP contribution in [0.2, 0.25) is 0 Å². The SMILES string of the molecule is CN(C)Cc1cccc(C(=O)N(CCO)C2CC2)c1. The van der Waals surface area contributed by atoms with Gasteiger partial charge < -0.3 is 14.9 Å². The first-order chi connectivity index (χ1) is 9.11. The van der Waals surface area contributed by atoms with Crippen LogP contribution in [0, 0.1) is 0 Å². The molecule has 1 aliphatic carbocycles. The molecule has 1 aromatic carbocycles.